The Morgan fingerprint density at radius 3 is 2.46 bits per heavy atom. The van der Waals surface area contributed by atoms with Gasteiger partial charge >= 0.3 is 6.09 Å². The Labute approximate surface area is 303 Å². The molecule has 7 rings (SSSR count). The topological polar surface area (TPSA) is 147 Å². The number of piperazine rings is 1. The summed E-state index contributed by atoms with van der Waals surface area (Å²) in [6, 6.07) is 12.5. The van der Waals surface area contributed by atoms with Crippen LogP contribution in [0.25, 0.3) is 16.8 Å². The van der Waals surface area contributed by atoms with E-state index in [1.54, 1.807) is 35.5 Å². The molecule has 4 aromatic rings. The fourth-order valence-corrected chi connectivity index (χ4v) is 7.65. The van der Waals surface area contributed by atoms with Crippen LogP contribution in [0.15, 0.2) is 54.9 Å². The van der Waals surface area contributed by atoms with Gasteiger partial charge in [-0.15, -0.1) is 0 Å². The monoisotopic (exact) mass is 711 g/mol. The molecule has 52 heavy (non-hydrogen) atoms. The Balaban J connectivity index is 0.804. The predicted molar refractivity (Wildman–Crippen MR) is 196 cm³/mol. The van der Waals surface area contributed by atoms with Gasteiger partial charge in [-0.05, 0) is 70.2 Å². The molecule has 1 aromatic carbocycles. The average Bonchev–Trinajstić information content (AvgIpc) is 3.71. The number of fused-ring (bicyclic) bond motifs is 4. The van der Waals surface area contributed by atoms with Gasteiger partial charge in [-0.3, -0.25) is 28.7 Å². The second-order valence-corrected chi connectivity index (χ2v) is 15.0. The van der Waals surface area contributed by atoms with Crippen molar-refractivity contribution < 1.29 is 23.9 Å². The molecule has 14 nitrogen and oxygen atoms in total. The van der Waals surface area contributed by atoms with E-state index in [4.69, 9.17) is 9.47 Å². The first-order chi connectivity index (χ1) is 25.1. The maximum Gasteiger partial charge on any atom is 0.411 e. The number of amides is 3. The summed E-state index contributed by atoms with van der Waals surface area (Å²) in [6.45, 7) is 11.8. The summed E-state index contributed by atoms with van der Waals surface area (Å²) in [5, 5.41) is 5.97. The van der Waals surface area contributed by atoms with Gasteiger partial charge in [0.2, 0.25) is 17.6 Å². The Hall–Kier alpha value is -4.82. The Morgan fingerprint density at radius 2 is 1.69 bits per heavy atom. The van der Waals surface area contributed by atoms with Crippen LogP contribution in [0.4, 0.5) is 10.5 Å². The van der Waals surface area contributed by atoms with Crippen molar-refractivity contribution in [2.24, 2.45) is 5.92 Å². The fourth-order valence-electron chi connectivity index (χ4n) is 7.65. The number of anilines is 1. The zero-order valence-electron chi connectivity index (χ0n) is 30.3. The first-order valence-corrected chi connectivity index (χ1v) is 18.5. The number of nitrogens with one attached hydrogen (secondary N) is 2. The summed E-state index contributed by atoms with van der Waals surface area (Å²) in [4.78, 5) is 59.2. The van der Waals surface area contributed by atoms with Gasteiger partial charge in [0, 0.05) is 64.1 Å². The normalized spacial score (nSPS) is 21.2. The van der Waals surface area contributed by atoms with E-state index in [9.17, 15) is 14.4 Å². The van der Waals surface area contributed by atoms with Crippen LogP contribution in [0, 0.1) is 5.92 Å². The first-order valence-electron chi connectivity index (χ1n) is 18.5. The number of aromatic nitrogens is 4. The molecule has 3 amide bonds. The number of nitrogens with zero attached hydrogens (tertiary/aromatic N) is 7. The van der Waals surface area contributed by atoms with Crippen molar-refractivity contribution in [3.8, 4) is 5.88 Å². The van der Waals surface area contributed by atoms with Crippen LogP contribution < -0.4 is 15.4 Å². The summed E-state index contributed by atoms with van der Waals surface area (Å²) >= 11 is 0. The van der Waals surface area contributed by atoms with Crippen molar-refractivity contribution in [1.82, 2.24) is 39.4 Å². The highest BCUT2D eigenvalue weighted by molar-refractivity contribution is 6.03. The molecule has 5 heterocycles. The zero-order valence-corrected chi connectivity index (χ0v) is 30.3. The molecule has 3 aliphatic rings. The van der Waals surface area contributed by atoms with Crippen LogP contribution in [-0.2, 0) is 9.53 Å². The largest absolute Gasteiger partial charge is 0.476 e. The van der Waals surface area contributed by atoms with Crippen LogP contribution in [0.1, 0.15) is 63.4 Å². The minimum Gasteiger partial charge on any atom is -0.476 e. The number of hydrogen-bond donors (Lipinski definition) is 2. The van der Waals surface area contributed by atoms with Gasteiger partial charge < -0.3 is 20.1 Å². The number of ether oxygens (including phenoxy) is 2. The molecule has 2 saturated heterocycles. The van der Waals surface area contributed by atoms with Gasteiger partial charge in [-0.2, -0.15) is 0 Å². The average molecular weight is 712 g/mol. The molecule has 14 heteroatoms. The number of pyridine rings is 1. The van der Waals surface area contributed by atoms with E-state index in [-0.39, 0.29) is 29.6 Å². The van der Waals surface area contributed by atoms with E-state index in [1.807, 2.05) is 49.4 Å². The Kier molecular flexibility index (Phi) is 10.6. The lowest BCUT2D eigenvalue weighted by molar-refractivity contribution is -0.126. The molecule has 2 N–H and O–H groups in total. The number of carbonyl (C=O) groups is 3. The lowest BCUT2D eigenvalue weighted by Gasteiger charge is -2.35. The van der Waals surface area contributed by atoms with E-state index in [1.165, 1.54) is 0 Å². The highest BCUT2D eigenvalue weighted by Gasteiger charge is 2.48. The number of hydrogen-bond acceptors (Lipinski definition) is 10. The number of likely N-dealkylation sites (tertiary alicyclic amines) is 1. The molecule has 0 bridgehead atoms. The number of imidazole rings is 1. The molecular weight excluding hydrogens is 662 g/mol. The van der Waals surface area contributed by atoms with Gasteiger partial charge in [0.25, 0.3) is 5.91 Å². The van der Waals surface area contributed by atoms with Crippen LogP contribution >= 0.6 is 0 Å². The maximum atomic E-state index is 13.4. The third-order valence-electron chi connectivity index (χ3n) is 10.3. The van der Waals surface area contributed by atoms with Crippen LogP contribution in [-0.4, -0.2) is 122 Å². The van der Waals surface area contributed by atoms with Crippen molar-refractivity contribution in [3.63, 3.8) is 0 Å². The van der Waals surface area contributed by atoms with Gasteiger partial charge in [-0.1, -0.05) is 25.0 Å². The summed E-state index contributed by atoms with van der Waals surface area (Å²) in [5.74, 6) is 0.905. The lowest BCUT2D eigenvalue weighted by Crippen LogP contribution is -2.52. The van der Waals surface area contributed by atoms with Crippen LogP contribution in [0.5, 0.6) is 5.88 Å². The first kappa shape index (κ1) is 35.6. The smallest absolute Gasteiger partial charge is 0.411 e. The number of para-hydroxylation sites is 2. The molecule has 3 aromatic heterocycles. The van der Waals surface area contributed by atoms with Crippen LogP contribution in [0.2, 0.25) is 0 Å². The van der Waals surface area contributed by atoms with Gasteiger partial charge in [-0.25, -0.2) is 19.7 Å². The molecule has 0 radical (unpaired) electrons. The molecule has 3 fully saturated rings. The van der Waals surface area contributed by atoms with Gasteiger partial charge in [0.1, 0.15) is 23.9 Å². The van der Waals surface area contributed by atoms with Gasteiger partial charge in [0.15, 0.2) is 0 Å². The predicted octanol–water partition coefficient (Wildman–Crippen LogP) is 4.21. The SMILES string of the molecule is CC(C)(C)OC(=O)N1[C@H](C(=O)NCCN2CCN(CCOc3ccc(NC(=O)c4ccn5c(n4)nc4ccccc45)cn3)CC2)C[C@@H]2CCCC[C@@H]21. The van der Waals surface area contributed by atoms with E-state index in [0.29, 0.717) is 42.8 Å². The number of rotatable bonds is 10. The summed E-state index contributed by atoms with van der Waals surface area (Å²) in [5.41, 5.74) is 1.96. The molecule has 2 aliphatic heterocycles. The van der Waals surface area contributed by atoms with Crippen molar-refractivity contribution >= 4 is 40.4 Å². The summed E-state index contributed by atoms with van der Waals surface area (Å²) < 4.78 is 13.5. The van der Waals surface area contributed by atoms with E-state index in [2.05, 4.69) is 35.4 Å². The molecular formula is C38H49N9O5. The Bertz CT molecular complexity index is 1880. The van der Waals surface area contributed by atoms with Crippen molar-refractivity contribution in [3.05, 3.63) is 60.6 Å². The number of benzene rings is 1. The third kappa shape index (κ3) is 8.28. The van der Waals surface area contributed by atoms with Crippen molar-refractivity contribution in [2.45, 2.75) is 70.6 Å². The van der Waals surface area contributed by atoms with Crippen molar-refractivity contribution in [1.29, 1.82) is 0 Å². The minimum absolute atomic E-state index is 0.0710. The number of carbonyl (C=O) groups excluding carboxylic acids is 3. The zero-order chi connectivity index (χ0) is 36.2. The fraction of sp³-hybridized carbons (Fsp3) is 0.526. The summed E-state index contributed by atoms with van der Waals surface area (Å²) in [7, 11) is 0. The molecule has 1 saturated carbocycles. The van der Waals surface area contributed by atoms with Gasteiger partial charge in [0.05, 0.1) is 22.9 Å². The molecule has 0 unspecified atom stereocenters. The quantitative estimate of drug-likeness (QED) is 0.245. The maximum absolute atomic E-state index is 13.4. The van der Waals surface area contributed by atoms with E-state index in [0.717, 1.165) is 76.0 Å². The molecule has 276 valence electrons. The van der Waals surface area contributed by atoms with Crippen LogP contribution in [0.3, 0.4) is 0 Å². The lowest BCUT2D eigenvalue weighted by atomic mass is 9.85. The second kappa shape index (κ2) is 15.4. The van der Waals surface area contributed by atoms with E-state index < -0.39 is 11.6 Å². The molecule has 1 aliphatic carbocycles. The minimum atomic E-state index is -0.601. The van der Waals surface area contributed by atoms with E-state index >= 15 is 0 Å². The third-order valence-corrected chi connectivity index (χ3v) is 10.3. The standard InChI is InChI=1S/C38H49N9O5/c1-38(2,3)52-37(50)47-30-10-6-4-8-26(30)24-32(47)35(49)39-15-17-44-18-20-45(21-19-44)22-23-51-33-13-12-27(25-40-33)41-34(48)29-14-16-46-31-11-7-5-9-28(31)42-36(46)43-29/h5,7,9,11-14,16,25-26,30,32H,4,6,8,10,15,17-24H2,1-3H3,(H,39,49)(H,41,48)/t26-,30-,32-/m0/s1. The second-order valence-electron chi connectivity index (χ2n) is 15.0. The highest BCUT2D eigenvalue weighted by Crippen LogP contribution is 2.40. The molecule has 3 atom stereocenters. The molecule has 0 spiro atoms. The Morgan fingerprint density at radius 1 is 0.923 bits per heavy atom. The highest BCUT2D eigenvalue weighted by atomic mass is 16.6. The van der Waals surface area contributed by atoms with Crippen molar-refractivity contribution in [2.75, 3.05) is 57.7 Å². The summed E-state index contributed by atoms with van der Waals surface area (Å²) in [6.07, 6.45) is 7.96.